The molecule has 208 valence electrons. The first-order valence-electron chi connectivity index (χ1n) is 12.9. The Labute approximate surface area is 230 Å². The standard InChI is InChI=1S/C30H36FN3O4S/c1-6-23(4)32-30(36)24(5)33(19-25-9-7-8-22(3)18-25)29(35)20-34(27-14-10-21(2)11-15-27)39(37,38)28-16-12-26(31)13-17-28/h7-18,23-24H,6,19-20H2,1-5H3,(H,32,36)/t23-,24-/m1/s1. The summed E-state index contributed by atoms with van der Waals surface area (Å²) < 4.78 is 42.0. The fourth-order valence-corrected chi connectivity index (χ4v) is 5.44. The second-order valence-electron chi connectivity index (χ2n) is 9.81. The topological polar surface area (TPSA) is 86.8 Å². The van der Waals surface area contributed by atoms with Crippen LogP contribution in [0.4, 0.5) is 10.1 Å². The Kier molecular flexibility index (Phi) is 9.86. The Balaban J connectivity index is 2.02. The van der Waals surface area contributed by atoms with Crippen molar-refractivity contribution in [3.05, 3.63) is 95.3 Å². The van der Waals surface area contributed by atoms with E-state index in [1.807, 2.05) is 52.0 Å². The minimum Gasteiger partial charge on any atom is -0.352 e. The van der Waals surface area contributed by atoms with Crippen LogP contribution in [-0.4, -0.2) is 43.8 Å². The first-order chi connectivity index (χ1) is 18.4. The predicted octanol–water partition coefficient (Wildman–Crippen LogP) is 4.97. The molecule has 7 nitrogen and oxygen atoms in total. The molecule has 3 aromatic carbocycles. The number of sulfonamides is 1. The average molecular weight is 554 g/mol. The van der Waals surface area contributed by atoms with Gasteiger partial charge in [0.1, 0.15) is 18.4 Å². The number of hydrogen-bond donors (Lipinski definition) is 1. The minimum atomic E-state index is -4.24. The van der Waals surface area contributed by atoms with Crippen molar-refractivity contribution in [1.29, 1.82) is 0 Å². The zero-order chi connectivity index (χ0) is 28.7. The quantitative estimate of drug-likeness (QED) is 0.363. The molecule has 0 heterocycles. The molecule has 0 radical (unpaired) electrons. The second kappa shape index (κ2) is 12.9. The fourth-order valence-electron chi connectivity index (χ4n) is 4.03. The molecular formula is C30H36FN3O4S. The summed E-state index contributed by atoms with van der Waals surface area (Å²) in [5, 5.41) is 2.91. The molecule has 0 aliphatic carbocycles. The van der Waals surface area contributed by atoms with E-state index in [-0.39, 0.29) is 29.1 Å². The lowest BCUT2D eigenvalue weighted by molar-refractivity contribution is -0.139. The lowest BCUT2D eigenvalue weighted by Crippen LogP contribution is -2.52. The van der Waals surface area contributed by atoms with E-state index in [9.17, 15) is 22.4 Å². The van der Waals surface area contributed by atoms with Crippen LogP contribution in [0.25, 0.3) is 0 Å². The van der Waals surface area contributed by atoms with Crippen molar-refractivity contribution in [2.75, 3.05) is 10.8 Å². The van der Waals surface area contributed by atoms with Gasteiger partial charge in [-0.1, -0.05) is 54.4 Å². The van der Waals surface area contributed by atoms with Crippen molar-refractivity contribution in [3.8, 4) is 0 Å². The summed E-state index contributed by atoms with van der Waals surface area (Å²) in [4.78, 5) is 28.2. The highest BCUT2D eigenvalue weighted by atomic mass is 32.2. The highest BCUT2D eigenvalue weighted by molar-refractivity contribution is 7.92. The fraction of sp³-hybridized carbons (Fsp3) is 0.333. The van der Waals surface area contributed by atoms with Crippen LogP contribution in [0.5, 0.6) is 0 Å². The molecule has 2 atom stereocenters. The molecule has 2 amide bonds. The van der Waals surface area contributed by atoms with Gasteiger partial charge in [-0.15, -0.1) is 0 Å². The van der Waals surface area contributed by atoms with Crippen LogP contribution in [0.15, 0.2) is 77.7 Å². The molecule has 0 bridgehead atoms. The van der Waals surface area contributed by atoms with Crippen LogP contribution in [-0.2, 0) is 26.2 Å². The van der Waals surface area contributed by atoms with Gasteiger partial charge in [0.25, 0.3) is 10.0 Å². The van der Waals surface area contributed by atoms with Gasteiger partial charge >= 0.3 is 0 Å². The Hall–Kier alpha value is -3.72. The van der Waals surface area contributed by atoms with Crippen molar-refractivity contribution in [1.82, 2.24) is 10.2 Å². The molecule has 39 heavy (non-hydrogen) atoms. The van der Waals surface area contributed by atoms with Gasteiger partial charge < -0.3 is 10.2 Å². The van der Waals surface area contributed by atoms with Crippen LogP contribution < -0.4 is 9.62 Å². The SMILES string of the molecule is CC[C@@H](C)NC(=O)[C@@H](C)N(Cc1cccc(C)c1)C(=O)CN(c1ccc(C)cc1)S(=O)(=O)c1ccc(F)cc1. The summed E-state index contributed by atoms with van der Waals surface area (Å²) in [6.07, 6.45) is 0.724. The lowest BCUT2D eigenvalue weighted by Gasteiger charge is -2.32. The molecule has 3 rings (SSSR count). The minimum absolute atomic E-state index is 0.0845. The van der Waals surface area contributed by atoms with Crippen LogP contribution in [0.1, 0.15) is 43.9 Å². The van der Waals surface area contributed by atoms with Crippen LogP contribution >= 0.6 is 0 Å². The van der Waals surface area contributed by atoms with Gasteiger partial charge in [-0.25, -0.2) is 12.8 Å². The number of hydrogen-bond acceptors (Lipinski definition) is 4. The van der Waals surface area contributed by atoms with Crippen LogP contribution in [0.2, 0.25) is 0 Å². The van der Waals surface area contributed by atoms with Gasteiger partial charge in [0.2, 0.25) is 11.8 Å². The Morgan fingerprint density at radius 3 is 2.15 bits per heavy atom. The summed E-state index contributed by atoms with van der Waals surface area (Å²) in [6.45, 7) is 8.84. The van der Waals surface area contributed by atoms with Crippen LogP contribution in [0.3, 0.4) is 0 Å². The zero-order valence-corrected chi connectivity index (χ0v) is 23.8. The molecule has 3 aromatic rings. The number of benzene rings is 3. The Morgan fingerprint density at radius 2 is 1.56 bits per heavy atom. The van der Waals surface area contributed by atoms with E-state index >= 15 is 0 Å². The van der Waals surface area contributed by atoms with Crippen molar-refractivity contribution in [2.24, 2.45) is 0 Å². The summed E-state index contributed by atoms with van der Waals surface area (Å²) in [6, 6.07) is 17.8. The third kappa shape index (κ3) is 7.66. The first-order valence-corrected chi connectivity index (χ1v) is 14.4. The molecule has 9 heteroatoms. The maximum Gasteiger partial charge on any atom is 0.264 e. The van der Waals surface area contributed by atoms with E-state index in [1.54, 1.807) is 31.2 Å². The lowest BCUT2D eigenvalue weighted by atomic mass is 10.1. The molecule has 0 aliphatic rings. The summed E-state index contributed by atoms with van der Waals surface area (Å²) >= 11 is 0. The number of amides is 2. The number of halogens is 1. The molecular weight excluding hydrogens is 517 g/mol. The highest BCUT2D eigenvalue weighted by Gasteiger charge is 2.32. The van der Waals surface area contributed by atoms with E-state index in [4.69, 9.17) is 0 Å². The molecule has 0 spiro atoms. The largest absolute Gasteiger partial charge is 0.352 e. The predicted molar refractivity (Wildman–Crippen MR) is 151 cm³/mol. The maximum atomic E-state index is 13.9. The number of nitrogens with one attached hydrogen (secondary N) is 1. The van der Waals surface area contributed by atoms with Crippen LogP contribution in [0, 0.1) is 19.7 Å². The van der Waals surface area contributed by atoms with E-state index < -0.39 is 34.3 Å². The second-order valence-corrected chi connectivity index (χ2v) is 11.7. The molecule has 0 aromatic heterocycles. The summed E-state index contributed by atoms with van der Waals surface area (Å²) in [7, 11) is -4.24. The van der Waals surface area contributed by atoms with E-state index in [2.05, 4.69) is 5.32 Å². The number of nitrogens with zero attached hydrogens (tertiary/aromatic N) is 2. The van der Waals surface area contributed by atoms with Gasteiger partial charge in [0.15, 0.2) is 0 Å². The van der Waals surface area contributed by atoms with E-state index in [0.29, 0.717) is 0 Å². The molecule has 0 saturated heterocycles. The third-order valence-electron chi connectivity index (χ3n) is 6.61. The highest BCUT2D eigenvalue weighted by Crippen LogP contribution is 2.25. The van der Waals surface area contributed by atoms with Gasteiger partial charge in [0, 0.05) is 12.6 Å². The molecule has 0 unspecified atom stereocenters. The Morgan fingerprint density at radius 1 is 0.923 bits per heavy atom. The zero-order valence-electron chi connectivity index (χ0n) is 23.0. The van der Waals surface area contributed by atoms with Crippen molar-refractivity contribution in [3.63, 3.8) is 0 Å². The number of anilines is 1. The summed E-state index contributed by atoms with van der Waals surface area (Å²) in [5.41, 5.74) is 3.01. The first kappa shape index (κ1) is 29.8. The van der Waals surface area contributed by atoms with Crippen molar-refractivity contribution >= 4 is 27.5 Å². The average Bonchev–Trinajstić information content (AvgIpc) is 2.90. The maximum absolute atomic E-state index is 13.9. The molecule has 0 saturated carbocycles. The van der Waals surface area contributed by atoms with Gasteiger partial charge in [-0.05, 0) is 76.1 Å². The van der Waals surface area contributed by atoms with E-state index in [1.165, 1.54) is 17.0 Å². The number of aryl methyl sites for hydroxylation is 2. The third-order valence-corrected chi connectivity index (χ3v) is 8.39. The van der Waals surface area contributed by atoms with Gasteiger partial charge in [-0.3, -0.25) is 13.9 Å². The van der Waals surface area contributed by atoms with Gasteiger partial charge in [-0.2, -0.15) is 0 Å². The number of carbonyl (C=O) groups is 2. The van der Waals surface area contributed by atoms with Crippen molar-refractivity contribution < 1.29 is 22.4 Å². The summed E-state index contributed by atoms with van der Waals surface area (Å²) in [5.74, 6) is -1.44. The van der Waals surface area contributed by atoms with Crippen molar-refractivity contribution in [2.45, 2.75) is 64.6 Å². The van der Waals surface area contributed by atoms with E-state index in [0.717, 1.165) is 39.5 Å². The molecule has 0 aliphatic heterocycles. The molecule has 0 fully saturated rings. The number of rotatable bonds is 11. The monoisotopic (exact) mass is 553 g/mol. The smallest absolute Gasteiger partial charge is 0.264 e. The Bertz CT molecular complexity index is 1390. The normalized spacial score (nSPS) is 12.9. The number of carbonyl (C=O) groups excluding carboxylic acids is 2. The van der Waals surface area contributed by atoms with Gasteiger partial charge in [0.05, 0.1) is 10.6 Å². The molecule has 1 N–H and O–H groups in total.